The molecule has 3 rings (SSSR count). The molecule has 2 N–H and O–H groups in total. The summed E-state index contributed by atoms with van der Waals surface area (Å²) in [7, 11) is -3.73. The van der Waals surface area contributed by atoms with Crippen LogP contribution in [-0.2, 0) is 14.8 Å². The molecule has 0 unspecified atom stereocenters. The standard InChI is InChI=1S/C24H26N2O4S/c1-16-6-5-7-21(15-16)26-31(28,29)22-11-9-20(10-12-22)25-24(27)19(4)30-23-13-8-17(2)14-18(23)3/h5-15,19,26H,1-4H3,(H,25,27)/t19-/m1/s1. The molecule has 0 aliphatic carbocycles. The van der Waals surface area contributed by atoms with Crippen molar-refractivity contribution < 1.29 is 17.9 Å². The van der Waals surface area contributed by atoms with Crippen LogP contribution >= 0.6 is 0 Å². The van der Waals surface area contributed by atoms with Crippen LogP contribution in [0.4, 0.5) is 11.4 Å². The van der Waals surface area contributed by atoms with Gasteiger partial charge in [0.2, 0.25) is 0 Å². The lowest BCUT2D eigenvalue weighted by Gasteiger charge is -2.17. The molecule has 0 aliphatic heterocycles. The quantitative estimate of drug-likeness (QED) is 0.554. The molecule has 6 nitrogen and oxygen atoms in total. The molecule has 0 spiro atoms. The first-order chi connectivity index (χ1) is 14.6. The Morgan fingerprint density at radius 2 is 1.55 bits per heavy atom. The van der Waals surface area contributed by atoms with E-state index >= 15 is 0 Å². The number of benzene rings is 3. The Morgan fingerprint density at radius 3 is 2.19 bits per heavy atom. The molecule has 162 valence electrons. The number of aryl methyl sites for hydroxylation is 3. The molecular formula is C24H26N2O4S. The lowest BCUT2D eigenvalue weighted by Crippen LogP contribution is -2.30. The predicted molar refractivity (Wildman–Crippen MR) is 123 cm³/mol. The van der Waals surface area contributed by atoms with Crippen molar-refractivity contribution in [1.29, 1.82) is 0 Å². The summed E-state index contributed by atoms with van der Waals surface area (Å²) < 4.78 is 33.5. The molecule has 0 bridgehead atoms. The third kappa shape index (κ3) is 5.86. The maximum Gasteiger partial charge on any atom is 0.265 e. The minimum Gasteiger partial charge on any atom is -0.481 e. The van der Waals surface area contributed by atoms with Crippen molar-refractivity contribution in [3.8, 4) is 5.75 Å². The fourth-order valence-electron chi connectivity index (χ4n) is 3.06. The first kappa shape index (κ1) is 22.4. The van der Waals surface area contributed by atoms with Gasteiger partial charge in [-0.2, -0.15) is 0 Å². The van der Waals surface area contributed by atoms with Crippen molar-refractivity contribution in [2.24, 2.45) is 0 Å². The van der Waals surface area contributed by atoms with E-state index in [1.807, 2.05) is 45.0 Å². The highest BCUT2D eigenvalue weighted by molar-refractivity contribution is 7.92. The number of carbonyl (C=O) groups excluding carboxylic acids is 1. The molecule has 0 saturated heterocycles. The molecule has 31 heavy (non-hydrogen) atoms. The van der Waals surface area contributed by atoms with E-state index in [-0.39, 0.29) is 10.8 Å². The van der Waals surface area contributed by atoms with Crippen LogP contribution < -0.4 is 14.8 Å². The molecule has 1 atom stereocenters. The van der Waals surface area contributed by atoms with E-state index in [9.17, 15) is 13.2 Å². The number of hydrogen-bond donors (Lipinski definition) is 2. The van der Waals surface area contributed by atoms with E-state index in [1.165, 1.54) is 12.1 Å². The van der Waals surface area contributed by atoms with Crippen LogP contribution in [0.1, 0.15) is 23.6 Å². The Labute approximate surface area is 183 Å². The molecule has 3 aromatic carbocycles. The minimum atomic E-state index is -3.73. The van der Waals surface area contributed by atoms with Crippen LogP contribution in [0.2, 0.25) is 0 Å². The largest absolute Gasteiger partial charge is 0.481 e. The smallest absolute Gasteiger partial charge is 0.265 e. The SMILES string of the molecule is Cc1cccc(NS(=O)(=O)c2ccc(NC(=O)[C@@H](C)Oc3ccc(C)cc3C)cc2)c1. The number of carbonyl (C=O) groups is 1. The number of amides is 1. The summed E-state index contributed by atoms with van der Waals surface area (Å²) in [5, 5.41) is 2.75. The lowest BCUT2D eigenvalue weighted by atomic mass is 10.1. The van der Waals surface area contributed by atoms with Crippen molar-refractivity contribution in [3.63, 3.8) is 0 Å². The van der Waals surface area contributed by atoms with Gasteiger partial charge in [-0.1, -0.05) is 29.8 Å². The molecule has 0 heterocycles. The number of sulfonamides is 1. The van der Waals surface area contributed by atoms with Crippen molar-refractivity contribution in [2.75, 3.05) is 10.0 Å². The van der Waals surface area contributed by atoms with Crippen LogP contribution in [-0.4, -0.2) is 20.4 Å². The summed E-state index contributed by atoms with van der Waals surface area (Å²) in [6.45, 7) is 7.48. The van der Waals surface area contributed by atoms with Gasteiger partial charge >= 0.3 is 0 Å². The zero-order valence-corrected chi connectivity index (χ0v) is 18.8. The molecule has 0 aliphatic rings. The van der Waals surface area contributed by atoms with Crippen molar-refractivity contribution in [3.05, 3.63) is 83.4 Å². The Balaban J connectivity index is 1.64. The molecule has 0 saturated carbocycles. The van der Waals surface area contributed by atoms with Gasteiger partial charge < -0.3 is 10.1 Å². The minimum absolute atomic E-state index is 0.103. The van der Waals surface area contributed by atoms with Crippen molar-refractivity contribution >= 4 is 27.3 Å². The molecule has 0 aromatic heterocycles. The average molecular weight is 439 g/mol. The van der Waals surface area contributed by atoms with E-state index in [0.29, 0.717) is 17.1 Å². The highest BCUT2D eigenvalue weighted by atomic mass is 32.2. The van der Waals surface area contributed by atoms with Crippen LogP contribution in [0.25, 0.3) is 0 Å². The van der Waals surface area contributed by atoms with Gasteiger partial charge in [0.25, 0.3) is 15.9 Å². The first-order valence-electron chi connectivity index (χ1n) is 9.88. The maximum absolute atomic E-state index is 12.6. The van der Waals surface area contributed by atoms with Crippen LogP contribution in [0.15, 0.2) is 71.6 Å². The topological polar surface area (TPSA) is 84.5 Å². The van der Waals surface area contributed by atoms with Gasteiger partial charge in [0.1, 0.15) is 5.75 Å². The van der Waals surface area contributed by atoms with Crippen LogP contribution in [0.5, 0.6) is 5.75 Å². The van der Waals surface area contributed by atoms with E-state index < -0.39 is 16.1 Å². The number of ether oxygens (including phenoxy) is 1. The van der Waals surface area contributed by atoms with Crippen molar-refractivity contribution in [1.82, 2.24) is 0 Å². The predicted octanol–water partition coefficient (Wildman–Crippen LogP) is 4.82. The van der Waals surface area contributed by atoms with Gasteiger partial charge in [-0.25, -0.2) is 8.42 Å². The van der Waals surface area contributed by atoms with Gasteiger partial charge in [-0.05, 0) is 81.3 Å². The monoisotopic (exact) mass is 438 g/mol. The average Bonchev–Trinajstić information content (AvgIpc) is 2.70. The molecule has 7 heteroatoms. The molecule has 0 radical (unpaired) electrons. The molecule has 0 fully saturated rings. The Hall–Kier alpha value is -3.32. The first-order valence-corrected chi connectivity index (χ1v) is 11.4. The summed E-state index contributed by atoms with van der Waals surface area (Å²) in [5.74, 6) is 0.324. The molecule has 1 amide bonds. The normalized spacial score (nSPS) is 12.1. The summed E-state index contributed by atoms with van der Waals surface area (Å²) in [4.78, 5) is 12.6. The highest BCUT2D eigenvalue weighted by Gasteiger charge is 2.18. The van der Waals surface area contributed by atoms with E-state index in [0.717, 1.165) is 16.7 Å². The number of anilines is 2. The summed E-state index contributed by atoms with van der Waals surface area (Å²) in [6, 6.07) is 18.9. The molecule has 3 aromatic rings. The highest BCUT2D eigenvalue weighted by Crippen LogP contribution is 2.22. The fourth-order valence-corrected chi connectivity index (χ4v) is 4.11. The van der Waals surface area contributed by atoms with Crippen LogP contribution in [0.3, 0.4) is 0 Å². The lowest BCUT2D eigenvalue weighted by molar-refractivity contribution is -0.122. The van der Waals surface area contributed by atoms with E-state index in [2.05, 4.69) is 10.0 Å². The summed E-state index contributed by atoms with van der Waals surface area (Å²) >= 11 is 0. The third-order valence-corrected chi connectivity index (χ3v) is 6.10. The maximum atomic E-state index is 12.6. The fraction of sp³-hybridized carbons (Fsp3) is 0.208. The van der Waals surface area contributed by atoms with E-state index in [1.54, 1.807) is 37.3 Å². The second-order valence-corrected chi connectivity index (χ2v) is 9.20. The van der Waals surface area contributed by atoms with Gasteiger partial charge in [-0.15, -0.1) is 0 Å². The Morgan fingerprint density at radius 1 is 0.871 bits per heavy atom. The van der Waals surface area contributed by atoms with Crippen LogP contribution in [0, 0.1) is 20.8 Å². The second-order valence-electron chi connectivity index (χ2n) is 7.52. The third-order valence-electron chi connectivity index (χ3n) is 4.71. The summed E-state index contributed by atoms with van der Waals surface area (Å²) in [6.07, 6.45) is -0.715. The molecular weight excluding hydrogens is 412 g/mol. The zero-order chi connectivity index (χ0) is 22.6. The second kappa shape index (κ2) is 9.22. The number of nitrogens with one attached hydrogen (secondary N) is 2. The van der Waals surface area contributed by atoms with Gasteiger partial charge in [0.05, 0.1) is 4.90 Å². The zero-order valence-electron chi connectivity index (χ0n) is 18.0. The number of rotatable bonds is 7. The Bertz CT molecular complexity index is 1190. The number of hydrogen-bond acceptors (Lipinski definition) is 4. The van der Waals surface area contributed by atoms with Gasteiger partial charge in [0, 0.05) is 11.4 Å². The van der Waals surface area contributed by atoms with Crippen molar-refractivity contribution in [2.45, 2.75) is 38.7 Å². The van der Waals surface area contributed by atoms with E-state index in [4.69, 9.17) is 4.74 Å². The van der Waals surface area contributed by atoms with Gasteiger partial charge in [-0.3, -0.25) is 9.52 Å². The summed E-state index contributed by atoms with van der Waals surface area (Å²) in [5.41, 5.74) is 4.00. The Kier molecular flexibility index (Phi) is 6.65. The van der Waals surface area contributed by atoms with Gasteiger partial charge in [0.15, 0.2) is 6.10 Å².